The number of hydrogen-bond acceptors (Lipinski definition) is 1. The smallest absolute Gasteiger partial charge is 0.0949 e. The molecule has 0 N–H and O–H groups in total. The molecule has 0 radical (unpaired) electrons. The van der Waals surface area contributed by atoms with Gasteiger partial charge in [-0.1, -0.05) is 72.8 Å². The van der Waals surface area contributed by atoms with Gasteiger partial charge < -0.3 is 4.40 Å². The molecule has 4 aromatic carbocycles. The first kappa shape index (κ1) is 15.1. The van der Waals surface area contributed by atoms with Crippen LogP contribution in [0.3, 0.4) is 0 Å². The highest BCUT2D eigenvalue weighted by molar-refractivity contribution is 6.32. The molecule has 134 valence electrons. The van der Waals surface area contributed by atoms with Crippen LogP contribution in [0, 0.1) is 0 Å². The molecule has 0 saturated heterocycles. The summed E-state index contributed by atoms with van der Waals surface area (Å²) in [7, 11) is 0. The van der Waals surface area contributed by atoms with E-state index in [2.05, 4.69) is 89.3 Å². The van der Waals surface area contributed by atoms with Gasteiger partial charge in [0.15, 0.2) is 0 Å². The second-order valence-corrected chi connectivity index (χ2v) is 7.64. The number of pyridine rings is 2. The van der Waals surface area contributed by atoms with Gasteiger partial charge in [0.2, 0.25) is 0 Å². The van der Waals surface area contributed by atoms with Crippen molar-refractivity contribution in [3.8, 4) is 0 Å². The highest BCUT2D eigenvalue weighted by Gasteiger charge is 2.17. The van der Waals surface area contributed by atoms with Crippen molar-refractivity contribution >= 4 is 59.8 Å². The Labute approximate surface area is 166 Å². The van der Waals surface area contributed by atoms with Gasteiger partial charge in [-0.3, -0.25) is 4.98 Å². The molecule has 7 rings (SSSR count). The third-order valence-electron chi connectivity index (χ3n) is 6.16. The Morgan fingerprint density at radius 1 is 0.552 bits per heavy atom. The fourth-order valence-electron chi connectivity index (χ4n) is 5.01. The average Bonchev–Trinajstić information content (AvgIpc) is 3.19. The van der Waals surface area contributed by atoms with E-state index in [0.29, 0.717) is 0 Å². The highest BCUT2D eigenvalue weighted by Crippen LogP contribution is 2.41. The standard InChI is InChI=1S/C27H16N2/c1-6-14-23-17(8-1)16-24-26-22(13-7-15-28-26)25-20-11-4-2-9-18(20)19-10-3-5-12-21(19)27(25)29(23)24/h1-16H. The van der Waals surface area contributed by atoms with Crippen LogP contribution < -0.4 is 0 Å². The summed E-state index contributed by atoms with van der Waals surface area (Å²) in [6.07, 6.45) is 1.90. The molecule has 0 amide bonds. The quantitative estimate of drug-likeness (QED) is 0.261. The number of para-hydroxylation sites is 1. The van der Waals surface area contributed by atoms with Gasteiger partial charge in [-0.25, -0.2) is 0 Å². The third kappa shape index (κ3) is 1.83. The molecular formula is C27H16N2. The second kappa shape index (κ2) is 5.33. The van der Waals surface area contributed by atoms with E-state index in [9.17, 15) is 0 Å². The zero-order chi connectivity index (χ0) is 18.9. The van der Waals surface area contributed by atoms with Crippen LogP contribution in [0.4, 0.5) is 0 Å². The van der Waals surface area contributed by atoms with Gasteiger partial charge in [-0.05, 0) is 34.4 Å². The number of benzene rings is 4. The predicted octanol–water partition coefficient (Wildman–Crippen LogP) is 7.10. The van der Waals surface area contributed by atoms with Crippen molar-refractivity contribution in [1.29, 1.82) is 0 Å². The molecule has 0 aliphatic carbocycles. The lowest BCUT2D eigenvalue weighted by atomic mass is 9.94. The Morgan fingerprint density at radius 2 is 1.21 bits per heavy atom. The van der Waals surface area contributed by atoms with Crippen LogP contribution in [-0.2, 0) is 0 Å². The van der Waals surface area contributed by atoms with Crippen LogP contribution in [0.5, 0.6) is 0 Å². The van der Waals surface area contributed by atoms with Gasteiger partial charge in [0.25, 0.3) is 0 Å². The molecule has 0 unspecified atom stereocenters. The van der Waals surface area contributed by atoms with Crippen LogP contribution in [0.25, 0.3) is 59.8 Å². The molecule has 0 spiro atoms. The Kier molecular flexibility index (Phi) is 2.77. The summed E-state index contributed by atoms with van der Waals surface area (Å²) in [5, 5.41) is 8.85. The van der Waals surface area contributed by atoms with Gasteiger partial charge in [0.05, 0.1) is 22.1 Å². The molecule has 0 bridgehead atoms. The van der Waals surface area contributed by atoms with E-state index in [1.165, 1.54) is 48.7 Å². The molecule has 7 aromatic rings. The maximum absolute atomic E-state index is 4.82. The first-order valence-corrected chi connectivity index (χ1v) is 9.92. The van der Waals surface area contributed by atoms with Gasteiger partial charge in [0.1, 0.15) is 0 Å². The number of hydrogen-bond donors (Lipinski definition) is 0. The summed E-state index contributed by atoms with van der Waals surface area (Å²) in [6.45, 7) is 0. The van der Waals surface area contributed by atoms with E-state index >= 15 is 0 Å². The number of aromatic nitrogens is 2. The Hall–Kier alpha value is -3.91. The van der Waals surface area contributed by atoms with Crippen LogP contribution in [-0.4, -0.2) is 9.38 Å². The van der Waals surface area contributed by atoms with E-state index in [1.54, 1.807) is 0 Å². The zero-order valence-corrected chi connectivity index (χ0v) is 15.6. The van der Waals surface area contributed by atoms with Gasteiger partial charge >= 0.3 is 0 Å². The third-order valence-corrected chi connectivity index (χ3v) is 6.16. The van der Waals surface area contributed by atoms with Gasteiger partial charge in [0, 0.05) is 27.7 Å². The van der Waals surface area contributed by atoms with Gasteiger partial charge in [-0.2, -0.15) is 0 Å². The Morgan fingerprint density at radius 3 is 2.07 bits per heavy atom. The Bertz CT molecular complexity index is 1760. The van der Waals surface area contributed by atoms with Crippen LogP contribution in [0.15, 0.2) is 97.2 Å². The molecule has 29 heavy (non-hydrogen) atoms. The lowest BCUT2D eigenvalue weighted by molar-refractivity contribution is 1.33. The van der Waals surface area contributed by atoms with E-state index in [0.717, 1.165) is 11.0 Å². The minimum atomic E-state index is 1.05. The second-order valence-electron chi connectivity index (χ2n) is 7.64. The normalized spacial score (nSPS) is 12.1. The van der Waals surface area contributed by atoms with E-state index < -0.39 is 0 Å². The molecule has 3 aromatic heterocycles. The molecule has 0 aliphatic heterocycles. The Balaban J connectivity index is 2.00. The van der Waals surface area contributed by atoms with Crippen molar-refractivity contribution in [1.82, 2.24) is 9.38 Å². The molecule has 3 heterocycles. The van der Waals surface area contributed by atoms with Crippen molar-refractivity contribution in [2.45, 2.75) is 0 Å². The van der Waals surface area contributed by atoms with E-state index in [-0.39, 0.29) is 0 Å². The number of nitrogens with zero attached hydrogens (tertiary/aromatic N) is 2. The van der Waals surface area contributed by atoms with E-state index in [1.807, 2.05) is 12.3 Å². The SMILES string of the molecule is c1ccc2c(c1)cc1c3ncccc3c3c4ccccc4c4ccccc4c3n21. The summed E-state index contributed by atoms with van der Waals surface area (Å²) in [5.41, 5.74) is 4.70. The predicted molar refractivity (Wildman–Crippen MR) is 123 cm³/mol. The minimum Gasteiger partial charge on any atom is -0.306 e. The van der Waals surface area contributed by atoms with E-state index in [4.69, 9.17) is 4.98 Å². The molecule has 2 heteroatoms. The molecule has 0 saturated carbocycles. The topological polar surface area (TPSA) is 17.3 Å². The van der Waals surface area contributed by atoms with Crippen molar-refractivity contribution in [2.24, 2.45) is 0 Å². The zero-order valence-electron chi connectivity index (χ0n) is 15.6. The summed E-state index contributed by atoms with van der Waals surface area (Å²) >= 11 is 0. The van der Waals surface area contributed by atoms with Crippen molar-refractivity contribution in [3.63, 3.8) is 0 Å². The average molecular weight is 368 g/mol. The minimum absolute atomic E-state index is 1.05. The fourth-order valence-corrected chi connectivity index (χ4v) is 5.01. The largest absolute Gasteiger partial charge is 0.306 e. The summed E-state index contributed by atoms with van der Waals surface area (Å²) in [5.74, 6) is 0. The monoisotopic (exact) mass is 368 g/mol. The lowest BCUT2D eigenvalue weighted by Crippen LogP contribution is -1.95. The van der Waals surface area contributed by atoms with Crippen molar-refractivity contribution < 1.29 is 0 Å². The molecule has 0 fully saturated rings. The first-order chi connectivity index (χ1) is 14.4. The van der Waals surface area contributed by atoms with Crippen LogP contribution in [0.1, 0.15) is 0 Å². The molecule has 0 aliphatic rings. The molecule has 2 nitrogen and oxygen atoms in total. The van der Waals surface area contributed by atoms with Crippen molar-refractivity contribution in [2.75, 3.05) is 0 Å². The first-order valence-electron chi connectivity index (χ1n) is 9.92. The van der Waals surface area contributed by atoms with Crippen LogP contribution in [0.2, 0.25) is 0 Å². The number of fused-ring (bicyclic) bond motifs is 13. The maximum atomic E-state index is 4.82. The maximum Gasteiger partial charge on any atom is 0.0949 e. The number of rotatable bonds is 0. The molecular weight excluding hydrogens is 352 g/mol. The fraction of sp³-hybridized carbons (Fsp3) is 0. The summed E-state index contributed by atoms with van der Waals surface area (Å²) < 4.78 is 2.41. The van der Waals surface area contributed by atoms with Gasteiger partial charge in [-0.15, -0.1) is 0 Å². The highest BCUT2D eigenvalue weighted by atomic mass is 14.9. The summed E-state index contributed by atoms with van der Waals surface area (Å²) in [4.78, 5) is 4.82. The summed E-state index contributed by atoms with van der Waals surface area (Å²) in [6, 6.07) is 32.7. The molecule has 0 atom stereocenters. The van der Waals surface area contributed by atoms with Crippen molar-refractivity contribution in [3.05, 3.63) is 97.2 Å². The lowest BCUT2D eigenvalue weighted by Gasteiger charge is -2.15. The van der Waals surface area contributed by atoms with Crippen LogP contribution >= 0.6 is 0 Å².